The number of nitrogens with one attached hydrogen (secondary N) is 1. The van der Waals surface area contributed by atoms with Gasteiger partial charge in [0.2, 0.25) is 0 Å². The van der Waals surface area contributed by atoms with E-state index in [1.54, 1.807) is 18.2 Å². The van der Waals surface area contributed by atoms with Crippen LogP contribution in [0.3, 0.4) is 0 Å². The van der Waals surface area contributed by atoms with E-state index in [2.05, 4.69) is 5.32 Å². The molecule has 0 radical (unpaired) electrons. The largest absolute Gasteiger partial charge is 0.391 e. The summed E-state index contributed by atoms with van der Waals surface area (Å²) < 4.78 is 0. The number of aliphatic hydroxyl groups excluding tert-OH is 1. The summed E-state index contributed by atoms with van der Waals surface area (Å²) in [4.78, 5) is 10.7. The lowest BCUT2D eigenvalue weighted by atomic mass is 10.1. The predicted octanol–water partition coefficient (Wildman–Crippen LogP) is 1.57. The zero-order chi connectivity index (χ0) is 12.1. The molecule has 0 saturated heterocycles. The highest BCUT2D eigenvalue weighted by Gasteiger charge is 2.13. The van der Waals surface area contributed by atoms with E-state index in [0.717, 1.165) is 0 Å². The van der Waals surface area contributed by atoms with E-state index in [9.17, 15) is 9.90 Å². The van der Waals surface area contributed by atoms with Gasteiger partial charge in [0, 0.05) is 5.69 Å². The minimum Gasteiger partial charge on any atom is -0.391 e. The van der Waals surface area contributed by atoms with Crippen LogP contribution >= 0.6 is 11.6 Å². The van der Waals surface area contributed by atoms with Gasteiger partial charge in [0.15, 0.2) is 0 Å². The molecule has 0 spiro atoms. The molecule has 16 heavy (non-hydrogen) atoms. The van der Waals surface area contributed by atoms with Crippen LogP contribution < -0.4 is 5.32 Å². The van der Waals surface area contributed by atoms with Gasteiger partial charge in [-0.25, -0.2) is 0 Å². The van der Waals surface area contributed by atoms with Gasteiger partial charge in [-0.05, 0) is 25.1 Å². The summed E-state index contributed by atoms with van der Waals surface area (Å²) in [6, 6.07) is 5.96. The summed E-state index contributed by atoms with van der Waals surface area (Å²) in [5.74, 6) is 0. The molecule has 0 unspecified atom stereocenters. The highest BCUT2D eigenvalue weighted by Crippen LogP contribution is 2.20. The number of carbonyl (C=O) groups is 1. The molecule has 0 aliphatic carbocycles. The number of anilines is 1. The summed E-state index contributed by atoms with van der Waals surface area (Å²) in [5, 5.41) is 21.1. The molecule has 0 aromatic heterocycles. The molecule has 2 N–H and O–H groups in total. The number of rotatable bonds is 4. The van der Waals surface area contributed by atoms with E-state index in [-0.39, 0.29) is 0 Å². The van der Waals surface area contributed by atoms with Crippen molar-refractivity contribution in [2.45, 2.75) is 19.1 Å². The minimum atomic E-state index is -0.799. The van der Waals surface area contributed by atoms with Gasteiger partial charge in [0.05, 0.1) is 16.7 Å². The molecule has 1 rings (SSSR count). The van der Waals surface area contributed by atoms with Crippen molar-refractivity contribution in [3.05, 3.63) is 28.8 Å². The molecule has 5 heteroatoms. The van der Waals surface area contributed by atoms with Crippen LogP contribution in [0, 0.1) is 11.3 Å². The summed E-state index contributed by atoms with van der Waals surface area (Å²) in [6.45, 7) is 1.51. The van der Waals surface area contributed by atoms with Crippen molar-refractivity contribution in [3.8, 4) is 6.07 Å². The van der Waals surface area contributed by atoms with Crippen LogP contribution in [-0.2, 0) is 4.79 Å². The first-order chi connectivity index (χ1) is 7.58. The monoisotopic (exact) mass is 238 g/mol. The van der Waals surface area contributed by atoms with Crippen molar-refractivity contribution in [1.82, 2.24) is 0 Å². The van der Waals surface area contributed by atoms with Crippen LogP contribution in [0.25, 0.3) is 0 Å². The van der Waals surface area contributed by atoms with Crippen LogP contribution in [0.5, 0.6) is 0 Å². The van der Waals surface area contributed by atoms with Gasteiger partial charge in [0.1, 0.15) is 18.4 Å². The Balaban J connectivity index is 2.87. The zero-order valence-electron chi connectivity index (χ0n) is 8.64. The number of nitrogens with zero attached hydrogens (tertiary/aromatic N) is 1. The van der Waals surface area contributed by atoms with Crippen LogP contribution in [0.4, 0.5) is 5.69 Å². The number of benzene rings is 1. The lowest BCUT2D eigenvalue weighted by molar-refractivity contribution is -0.110. The molecule has 0 saturated carbocycles. The Morgan fingerprint density at radius 2 is 2.31 bits per heavy atom. The number of nitriles is 1. The lowest BCUT2D eigenvalue weighted by Gasteiger charge is -2.16. The third kappa shape index (κ3) is 2.96. The smallest absolute Gasteiger partial charge is 0.144 e. The fraction of sp³-hybridized carbons (Fsp3) is 0.273. The normalized spacial score (nSPS) is 13.6. The van der Waals surface area contributed by atoms with Gasteiger partial charge in [-0.2, -0.15) is 5.26 Å². The third-order valence-electron chi connectivity index (χ3n) is 2.09. The molecule has 0 aliphatic rings. The van der Waals surface area contributed by atoms with Gasteiger partial charge < -0.3 is 15.2 Å². The van der Waals surface area contributed by atoms with Crippen LogP contribution in [0.2, 0.25) is 5.02 Å². The average Bonchev–Trinajstić information content (AvgIpc) is 2.25. The molecule has 0 heterocycles. The Morgan fingerprint density at radius 1 is 1.62 bits per heavy atom. The van der Waals surface area contributed by atoms with E-state index < -0.39 is 12.1 Å². The quantitative estimate of drug-likeness (QED) is 0.781. The van der Waals surface area contributed by atoms with Crippen molar-refractivity contribution in [2.24, 2.45) is 0 Å². The SMILES string of the molecule is C[C@H](O)[C@H](C=O)Nc1ccc(C#N)c(Cl)c1. The van der Waals surface area contributed by atoms with E-state index >= 15 is 0 Å². The van der Waals surface area contributed by atoms with Crippen molar-refractivity contribution in [3.63, 3.8) is 0 Å². The Hall–Kier alpha value is -1.57. The number of aliphatic hydroxyl groups is 1. The fourth-order valence-corrected chi connectivity index (χ4v) is 1.38. The van der Waals surface area contributed by atoms with Gasteiger partial charge >= 0.3 is 0 Å². The first-order valence-electron chi connectivity index (χ1n) is 4.68. The topological polar surface area (TPSA) is 73.1 Å². The summed E-state index contributed by atoms with van der Waals surface area (Å²) in [7, 11) is 0. The van der Waals surface area contributed by atoms with Crippen molar-refractivity contribution in [1.29, 1.82) is 5.26 Å². The Kier molecular flexibility index (Phi) is 4.29. The first kappa shape index (κ1) is 12.5. The number of halogens is 1. The van der Waals surface area contributed by atoms with E-state index in [0.29, 0.717) is 22.6 Å². The summed E-state index contributed by atoms with van der Waals surface area (Å²) in [6.07, 6.45) is -0.177. The van der Waals surface area contributed by atoms with Gasteiger partial charge in [-0.15, -0.1) is 0 Å². The van der Waals surface area contributed by atoms with Gasteiger partial charge in [-0.1, -0.05) is 11.6 Å². The van der Waals surface area contributed by atoms with Gasteiger partial charge in [-0.3, -0.25) is 0 Å². The number of carbonyl (C=O) groups excluding carboxylic acids is 1. The van der Waals surface area contributed by atoms with Crippen molar-refractivity contribution in [2.75, 3.05) is 5.32 Å². The van der Waals surface area contributed by atoms with E-state index in [1.807, 2.05) is 6.07 Å². The molecule has 2 atom stereocenters. The minimum absolute atomic E-state index is 0.308. The first-order valence-corrected chi connectivity index (χ1v) is 5.06. The highest BCUT2D eigenvalue weighted by molar-refractivity contribution is 6.32. The molecule has 0 aliphatic heterocycles. The van der Waals surface area contributed by atoms with E-state index in [1.165, 1.54) is 6.92 Å². The molecule has 4 nitrogen and oxygen atoms in total. The number of aldehydes is 1. The second-order valence-electron chi connectivity index (χ2n) is 3.35. The average molecular weight is 239 g/mol. The molecular weight excluding hydrogens is 228 g/mol. The van der Waals surface area contributed by atoms with Crippen LogP contribution in [-0.4, -0.2) is 23.5 Å². The number of hydrogen-bond donors (Lipinski definition) is 2. The maximum absolute atomic E-state index is 10.7. The third-order valence-corrected chi connectivity index (χ3v) is 2.40. The summed E-state index contributed by atoms with van der Waals surface area (Å²) in [5.41, 5.74) is 0.953. The second-order valence-corrected chi connectivity index (χ2v) is 3.76. The fourth-order valence-electron chi connectivity index (χ4n) is 1.16. The van der Waals surface area contributed by atoms with Gasteiger partial charge in [0.25, 0.3) is 0 Å². The Labute approximate surface area is 98.5 Å². The molecule has 1 aromatic rings. The van der Waals surface area contributed by atoms with Crippen molar-refractivity contribution < 1.29 is 9.90 Å². The van der Waals surface area contributed by atoms with Crippen LogP contribution in [0.1, 0.15) is 12.5 Å². The molecule has 0 fully saturated rings. The zero-order valence-corrected chi connectivity index (χ0v) is 9.40. The summed E-state index contributed by atoms with van der Waals surface area (Å²) >= 11 is 5.82. The van der Waals surface area contributed by atoms with Crippen molar-refractivity contribution >= 4 is 23.6 Å². The highest BCUT2D eigenvalue weighted by atomic mass is 35.5. The molecule has 0 bridgehead atoms. The lowest BCUT2D eigenvalue weighted by Crippen LogP contribution is -2.32. The van der Waals surface area contributed by atoms with Crippen LogP contribution in [0.15, 0.2) is 18.2 Å². The standard InChI is InChI=1S/C11H11ClN2O2/c1-7(16)11(6-15)14-9-3-2-8(5-13)10(12)4-9/h2-4,6-7,11,14,16H,1H3/t7-,11-/m0/s1. The van der Waals surface area contributed by atoms with E-state index in [4.69, 9.17) is 16.9 Å². The molecule has 1 aromatic carbocycles. The number of hydrogen-bond acceptors (Lipinski definition) is 4. The maximum atomic E-state index is 10.7. The Morgan fingerprint density at radius 3 is 2.75 bits per heavy atom. The molecule has 0 amide bonds. The maximum Gasteiger partial charge on any atom is 0.144 e. The molecule has 84 valence electrons. The predicted molar refractivity (Wildman–Crippen MR) is 61.3 cm³/mol. The Bertz CT molecular complexity index is 426. The second kappa shape index (κ2) is 5.50. The molecular formula is C11H11ClN2O2.